The van der Waals surface area contributed by atoms with Crippen molar-refractivity contribution in [2.24, 2.45) is 0 Å². The first-order valence-electron chi connectivity index (χ1n) is 8.34. The third-order valence-corrected chi connectivity index (χ3v) is 4.34. The van der Waals surface area contributed by atoms with Crippen LogP contribution in [0.15, 0.2) is 36.5 Å². The van der Waals surface area contributed by atoms with Gasteiger partial charge in [-0.05, 0) is 25.1 Å². The topological polar surface area (TPSA) is 44.3 Å². The SMILES string of the molecule is CCN1CCN(c2nccc(NCc3ccc(C)cc3)n2)CC1. The van der Waals surface area contributed by atoms with Crippen LogP contribution in [-0.2, 0) is 6.54 Å². The highest BCUT2D eigenvalue weighted by atomic mass is 15.3. The van der Waals surface area contributed by atoms with E-state index in [0.717, 1.165) is 51.0 Å². The number of benzene rings is 1. The summed E-state index contributed by atoms with van der Waals surface area (Å²) in [5.41, 5.74) is 2.54. The molecule has 0 unspecified atom stereocenters. The van der Waals surface area contributed by atoms with E-state index < -0.39 is 0 Å². The van der Waals surface area contributed by atoms with Crippen molar-refractivity contribution in [2.45, 2.75) is 20.4 Å². The van der Waals surface area contributed by atoms with Crippen molar-refractivity contribution in [1.82, 2.24) is 14.9 Å². The normalized spacial score (nSPS) is 15.7. The van der Waals surface area contributed by atoms with Crippen LogP contribution < -0.4 is 10.2 Å². The molecule has 1 saturated heterocycles. The number of hydrogen-bond acceptors (Lipinski definition) is 5. The van der Waals surface area contributed by atoms with Gasteiger partial charge < -0.3 is 15.1 Å². The van der Waals surface area contributed by atoms with Gasteiger partial charge in [-0.2, -0.15) is 4.98 Å². The summed E-state index contributed by atoms with van der Waals surface area (Å²) >= 11 is 0. The van der Waals surface area contributed by atoms with Gasteiger partial charge >= 0.3 is 0 Å². The summed E-state index contributed by atoms with van der Waals surface area (Å²) < 4.78 is 0. The number of aryl methyl sites for hydroxylation is 1. The van der Waals surface area contributed by atoms with E-state index in [1.807, 2.05) is 12.3 Å². The lowest BCUT2D eigenvalue weighted by Crippen LogP contribution is -2.46. The third kappa shape index (κ3) is 4.20. The molecule has 0 amide bonds. The van der Waals surface area contributed by atoms with Crippen LogP contribution in [0.5, 0.6) is 0 Å². The van der Waals surface area contributed by atoms with E-state index in [9.17, 15) is 0 Å². The second kappa shape index (κ2) is 7.42. The highest BCUT2D eigenvalue weighted by Gasteiger charge is 2.17. The van der Waals surface area contributed by atoms with Gasteiger partial charge in [0.25, 0.3) is 0 Å². The fraction of sp³-hybridized carbons (Fsp3) is 0.444. The first-order valence-corrected chi connectivity index (χ1v) is 8.34. The predicted molar refractivity (Wildman–Crippen MR) is 94.9 cm³/mol. The van der Waals surface area contributed by atoms with E-state index in [2.05, 4.69) is 63.2 Å². The van der Waals surface area contributed by atoms with E-state index in [1.54, 1.807) is 0 Å². The molecule has 0 radical (unpaired) electrons. The summed E-state index contributed by atoms with van der Waals surface area (Å²) in [6.07, 6.45) is 1.84. The summed E-state index contributed by atoms with van der Waals surface area (Å²) in [5, 5.41) is 3.39. The van der Waals surface area contributed by atoms with E-state index in [0.29, 0.717) is 0 Å². The molecule has 0 atom stereocenters. The number of nitrogens with one attached hydrogen (secondary N) is 1. The zero-order valence-electron chi connectivity index (χ0n) is 14.0. The molecule has 122 valence electrons. The first kappa shape index (κ1) is 15.7. The minimum atomic E-state index is 0.778. The molecule has 1 aromatic carbocycles. The van der Waals surface area contributed by atoms with Crippen molar-refractivity contribution < 1.29 is 0 Å². The molecule has 1 fully saturated rings. The van der Waals surface area contributed by atoms with Crippen LogP contribution in [0.1, 0.15) is 18.1 Å². The second-order valence-electron chi connectivity index (χ2n) is 6.00. The van der Waals surface area contributed by atoms with Crippen LogP contribution >= 0.6 is 0 Å². The highest BCUT2D eigenvalue weighted by Crippen LogP contribution is 2.14. The molecule has 0 aliphatic carbocycles. The monoisotopic (exact) mass is 311 g/mol. The van der Waals surface area contributed by atoms with Gasteiger partial charge in [-0.1, -0.05) is 36.8 Å². The van der Waals surface area contributed by atoms with Gasteiger partial charge in [0.15, 0.2) is 0 Å². The molecule has 5 heteroatoms. The summed E-state index contributed by atoms with van der Waals surface area (Å²) in [5.74, 6) is 1.71. The Balaban J connectivity index is 1.60. The molecule has 0 bridgehead atoms. The van der Waals surface area contributed by atoms with Gasteiger partial charge in [0, 0.05) is 38.9 Å². The van der Waals surface area contributed by atoms with Crippen molar-refractivity contribution in [3.05, 3.63) is 47.7 Å². The van der Waals surface area contributed by atoms with Crippen LogP contribution in [0.4, 0.5) is 11.8 Å². The Morgan fingerprint density at radius 2 is 1.78 bits per heavy atom. The van der Waals surface area contributed by atoms with Crippen LogP contribution in [0.25, 0.3) is 0 Å². The quantitative estimate of drug-likeness (QED) is 0.919. The highest BCUT2D eigenvalue weighted by molar-refractivity contribution is 5.42. The number of aromatic nitrogens is 2. The molecule has 0 saturated carbocycles. The van der Waals surface area contributed by atoms with Gasteiger partial charge in [-0.3, -0.25) is 0 Å². The fourth-order valence-corrected chi connectivity index (χ4v) is 2.76. The summed E-state index contributed by atoms with van der Waals surface area (Å²) in [6, 6.07) is 10.5. The summed E-state index contributed by atoms with van der Waals surface area (Å²) in [6.45, 7) is 10.4. The molecule has 3 rings (SSSR count). The number of likely N-dealkylation sites (N-methyl/N-ethyl adjacent to an activating group) is 1. The molecule has 5 nitrogen and oxygen atoms in total. The molecule has 1 N–H and O–H groups in total. The zero-order chi connectivity index (χ0) is 16.1. The van der Waals surface area contributed by atoms with Gasteiger partial charge in [0.05, 0.1) is 0 Å². The zero-order valence-corrected chi connectivity index (χ0v) is 14.0. The minimum Gasteiger partial charge on any atom is -0.366 e. The summed E-state index contributed by atoms with van der Waals surface area (Å²) in [4.78, 5) is 13.8. The van der Waals surface area contributed by atoms with Crippen molar-refractivity contribution in [1.29, 1.82) is 0 Å². The maximum Gasteiger partial charge on any atom is 0.227 e. The largest absolute Gasteiger partial charge is 0.366 e. The number of rotatable bonds is 5. The second-order valence-corrected chi connectivity index (χ2v) is 6.00. The Bertz CT molecular complexity index is 618. The molecular formula is C18H25N5. The maximum absolute atomic E-state index is 4.67. The van der Waals surface area contributed by atoms with E-state index in [1.165, 1.54) is 11.1 Å². The Hall–Kier alpha value is -2.14. The first-order chi connectivity index (χ1) is 11.2. The number of piperazine rings is 1. The average Bonchev–Trinajstić information content (AvgIpc) is 2.61. The molecule has 1 aromatic heterocycles. The molecule has 23 heavy (non-hydrogen) atoms. The lowest BCUT2D eigenvalue weighted by Gasteiger charge is -2.34. The number of nitrogens with zero attached hydrogens (tertiary/aromatic N) is 4. The molecule has 1 aliphatic heterocycles. The van der Waals surface area contributed by atoms with Gasteiger partial charge in [-0.15, -0.1) is 0 Å². The van der Waals surface area contributed by atoms with Crippen molar-refractivity contribution in [3.8, 4) is 0 Å². The molecule has 1 aliphatic rings. The van der Waals surface area contributed by atoms with Crippen LogP contribution in [0.3, 0.4) is 0 Å². The Morgan fingerprint density at radius 1 is 1.04 bits per heavy atom. The van der Waals surface area contributed by atoms with E-state index >= 15 is 0 Å². The molecule has 0 spiro atoms. The number of anilines is 2. The average molecular weight is 311 g/mol. The summed E-state index contributed by atoms with van der Waals surface area (Å²) in [7, 11) is 0. The van der Waals surface area contributed by atoms with E-state index in [4.69, 9.17) is 0 Å². The van der Waals surface area contributed by atoms with E-state index in [-0.39, 0.29) is 0 Å². The molecule has 2 aromatic rings. The van der Waals surface area contributed by atoms with Crippen molar-refractivity contribution >= 4 is 11.8 Å². The maximum atomic E-state index is 4.67. The van der Waals surface area contributed by atoms with Crippen LogP contribution in [-0.4, -0.2) is 47.6 Å². The Morgan fingerprint density at radius 3 is 2.48 bits per heavy atom. The van der Waals surface area contributed by atoms with Crippen LogP contribution in [0.2, 0.25) is 0 Å². The van der Waals surface area contributed by atoms with Gasteiger partial charge in [-0.25, -0.2) is 4.98 Å². The Labute approximate surface area is 138 Å². The minimum absolute atomic E-state index is 0.778. The predicted octanol–water partition coefficient (Wildman–Crippen LogP) is 2.54. The van der Waals surface area contributed by atoms with Crippen molar-refractivity contribution in [3.63, 3.8) is 0 Å². The van der Waals surface area contributed by atoms with Gasteiger partial charge in [0.2, 0.25) is 5.95 Å². The van der Waals surface area contributed by atoms with Gasteiger partial charge in [0.1, 0.15) is 5.82 Å². The third-order valence-electron chi connectivity index (χ3n) is 4.34. The molecule has 2 heterocycles. The standard InChI is InChI=1S/C18H25N5/c1-3-22-10-12-23(13-11-22)18-19-9-8-17(21-18)20-14-16-6-4-15(2)5-7-16/h4-9H,3,10-14H2,1-2H3,(H,19,20,21). The molecular weight excluding hydrogens is 286 g/mol. The fourth-order valence-electron chi connectivity index (χ4n) is 2.76. The number of hydrogen-bond donors (Lipinski definition) is 1. The lowest BCUT2D eigenvalue weighted by atomic mass is 10.1. The lowest BCUT2D eigenvalue weighted by molar-refractivity contribution is 0.270. The van der Waals surface area contributed by atoms with Crippen molar-refractivity contribution in [2.75, 3.05) is 42.9 Å². The Kier molecular flexibility index (Phi) is 5.08. The van der Waals surface area contributed by atoms with Crippen LogP contribution in [0, 0.1) is 6.92 Å². The smallest absolute Gasteiger partial charge is 0.227 e.